The molecule has 2 fully saturated rings. The summed E-state index contributed by atoms with van der Waals surface area (Å²) in [7, 11) is 0. The topological polar surface area (TPSA) is 102 Å². The Morgan fingerprint density at radius 2 is 1.81 bits per heavy atom. The smallest absolute Gasteiger partial charge is 0.339 e. The maximum atomic E-state index is 13.6. The third-order valence-corrected chi connectivity index (χ3v) is 7.55. The number of rotatable bonds is 8. The molecule has 4 rings (SSSR count). The van der Waals surface area contributed by atoms with Crippen molar-refractivity contribution < 1.29 is 29.0 Å². The number of nitrogens with one attached hydrogen (secondary N) is 1. The third kappa shape index (κ3) is 5.42. The van der Waals surface area contributed by atoms with Crippen LogP contribution in [0.1, 0.15) is 58.6 Å². The summed E-state index contributed by atoms with van der Waals surface area (Å²) >= 11 is 0. The van der Waals surface area contributed by atoms with Crippen LogP contribution in [-0.4, -0.2) is 40.9 Å². The van der Waals surface area contributed by atoms with E-state index in [4.69, 9.17) is 9.47 Å². The third-order valence-electron chi connectivity index (χ3n) is 7.55. The highest BCUT2D eigenvalue weighted by atomic mass is 16.8. The van der Waals surface area contributed by atoms with Crippen molar-refractivity contribution in [2.24, 2.45) is 16.7 Å². The number of aryl methyl sites for hydroxylation is 2. The van der Waals surface area contributed by atoms with Gasteiger partial charge >= 0.3 is 11.9 Å². The molecule has 1 aliphatic heterocycles. The van der Waals surface area contributed by atoms with Crippen LogP contribution >= 0.6 is 0 Å². The van der Waals surface area contributed by atoms with Gasteiger partial charge in [0.05, 0.1) is 5.41 Å². The second-order valence-corrected chi connectivity index (χ2v) is 11.9. The van der Waals surface area contributed by atoms with Gasteiger partial charge in [-0.3, -0.25) is 4.79 Å². The van der Waals surface area contributed by atoms with E-state index < -0.39 is 46.6 Å². The summed E-state index contributed by atoms with van der Waals surface area (Å²) in [4.78, 5) is 38.4. The van der Waals surface area contributed by atoms with Gasteiger partial charge in [-0.1, -0.05) is 69.3 Å². The average Bonchev–Trinajstić information content (AvgIpc) is 3.46. The van der Waals surface area contributed by atoms with Crippen LogP contribution in [0.4, 0.5) is 0 Å². The molecule has 2 N–H and O–H groups in total. The first-order valence-electron chi connectivity index (χ1n) is 12.8. The summed E-state index contributed by atoms with van der Waals surface area (Å²) in [6, 6.07) is 15.5. The summed E-state index contributed by atoms with van der Waals surface area (Å²) < 4.78 is 11.3. The van der Waals surface area contributed by atoms with E-state index in [1.165, 1.54) is 11.1 Å². The molecule has 0 spiro atoms. The predicted octanol–water partition coefficient (Wildman–Crippen LogP) is 4.89. The fourth-order valence-electron chi connectivity index (χ4n) is 5.47. The Bertz CT molecular complexity index is 1200. The summed E-state index contributed by atoms with van der Waals surface area (Å²) in [5.41, 5.74) is 2.80. The molecule has 1 aliphatic carbocycles. The van der Waals surface area contributed by atoms with Crippen LogP contribution in [0.5, 0.6) is 0 Å². The molecule has 0 aromatic heterocycles. The van der Waals surface area contributed by atoms with E-state index in [1.807, 2.05) is 18.2 Å². The Kier molecular flexibility index (Phi) is 6.97. The zero-order valence-corrected chi connectivity index (χ0v) is 22.5. The standard InChI is InChI=1S/C30H37NO6/c1-18-16-19(13-15-22(18)20-10-8-7-9-11-20)12-14-21-17-30(21,24-26(34)37-29(5,6)36-24)27(35)31-23(25(32)33)28(2,3)4/h7-11,13,15-16,21,23-24H,12,14,17H2,1-6H3,(H,31,35)(H,32,33)/t21-,23-,24-,30+/m1/s1. The highest BCUT2D eigenvalue weighted by Gasteiger charge is 2.70. The molecule has 4 atom stereocenters. The first kappa shape index (κ1) is 26.9. The highest BCUT2D eigenvalue weighted by Crippen LogP contribution is 2.60. The lowest BCUT2D eigenvalue weighted by Gasteiger charge is -2.31. The van der Waals surface area contributed by atoms with Crippen molar-refractivity contribution in [3.63, 3.8) is 0 Å². The molecule has 0 bridgehead atoms. The lowest BCUT2D eigenvalue weighted by atomic mass is 9.85. The van der Waals surface area contributed by atoms with Gasteiger partial charge in [0.25, 0.3) is 0 Å². The van der Waals surface area contributed by atoms with Crippen molar-refractivity contribution in [2.45, 2.75) is 78.7 Å². The summed E-state index contributed by atoms with van der Waals surface area (Å²) in [5, 5.41) is 12.5. The van der Waals surface area contributed by atoms with Crippen molar-refractivity contribution in [1.29, 1.82) is 0 Å². The Morgan fingerprint density at radius 3 is 2.35 bits per heavy atom. The SMILES string of the molecule is Cc1cc(CC[C@@H]2C[C@@]2(C(=O)N[C@H](C(=O)O)C(C)(C)C)[C@@H]2OC(C)(C)OC2=O)ccc1-c1ccccc1. The number of amides is 1. The Hall–Kier alpha value is -3.19. The van der Waals surface area contributed by atoms with Gasteiger partial charge in [-0.25, -0.2) is 9.59 Å². The molecule has 1 heterocycles. The molecule has 37 heavy (non-hydrogen) atoms. The van der Waals surface area contributed by atoms with Crippen LogP contribution in [0.25, 0.3) is 11.1 Å². The lowest BCUT2D eigenvalue weighted by Crippen LogP contribution is -2.54. The molecule has 1 saturated heterocycles. The fraction of sp³-hybridized carbons (Fsp3) is 0.500. The molecule has 1 saturated carbocycles. The van der Waals surface area contributed by atoms with Gasteiger partial charge in [0.1, 0.15) is 6.04 Å². The van der Waals surface area contributed by atoms with Gasteiger partial charge in [-0.2, -0.15) is 0 Å². The molecule has 1 amide bonds. The minimum atomic E-state index is -1.15. The lowest BCUT2D eigenvalue weighted by molar-refractivity contribution is -0.163. The van der Waals surface area contributed by atoms with Crippen molar-refractivity contribution in [1.82, 2.24) is 5.32 Å². The number of carboxylic acids is 1. The maximum Gasteiger partial charge on any atom is 0.339 e. The van der Waals surface area contributed by atoms with Crippen molar-refractivity contribution >= 4 is 17.8 Å². The van der Waals surface area contributed by atoms with Gasteiger partial charge < -0.3 is 19.9 Å². The van der Waals surface area contributed by atoms with E-state index in [-0.39, 0.29) is 5.92 Å². The molecular weight excluding hydrogens is 470 g/mol. The minimum Gasteiger partial charge on any atom is -0.480 e. The zero-order valence-electron chi connectivity index (χ0n) is 22.5. The molecule has 0 unspecified atom stereocenters. The van der Waals surface area contributed by atoms with Gasteiger partial charge in [0, 0.05) is 13.8 Å². The number of carboxylic acid groups (broad SMARTS) is 1. The number of aliphatic carboxylic acids is 1. The van der Waals surface area contributed by atoms with Gasteiger partial charge in [-0.15, -0.1) is 0 Å². The fourth-order valence-corrected chi connectivity index (χ4v) is 5.47. The number of carbonyl (C=O) groups is 3. The van der Waals surface area contributed by atoms with Gasteiger partial charge in [0.15, 0.2) is 6.10 Å². The number of hydrogen-bond donors (Lipinski definition) is 2. The molecule has 7 nitrogen and oxygen atoms in total. The number of benzene rings is 2. The molecular formula is C30H37NO6. The van der Waals surface area contributed by atoms with Crippen LogP contribution in [0, 0.1) is 23.7 Å². The van der Waals surface area contributed by atoms with Crippen LogP contribution in [0.2, 0.25) is 0 Å². The second kappa shape index (κ2) is 9.60. The van der Waals surface area contributed by atoms with Gasteiger partial charge in [-0.05, 0) is 59.8 Å². The quantitative estimate of drug-likeness (QED) is 0.493. The zero-order chi connectivity index (χ0) is 27.2. The largest absolute Gasteiger partial charge is 0.480 e. The maximum absolute atomic E-state index is 13.6. The monoisotopic (exact) mass is 507 g/mol. The van der Waals surface area contributed by atoms with Crippen LogP contribution < -0.4 is 5.32 Å². The van der Waals surface area contributed by atoms with Gasteiger partial charge in [0.2, 0.25) is 11.7 Å². The summed E-state index contributed by atoms with van der Waals surface area (Å²) in [6.07, 6.45) is 0.761. The van der Waals surface area contributed by atoms with Crippen molar-refractivity contribution in [3.8, 4) is 11.1 Å². The number of hydrogen-bond acceptors (Lipinski definition) is 5. The molecule has 2 aromatic carbocycles. The number of carbonyl (C=O) groups excluding carboxylic acids is 2. The van der Waals surface area contributed by atoms with E-state index in [1.54, 1.807) is 34.6 Å². The molecule has 2 aliphatic rings. The van der Waals surface area contributed by atoms with E-state index >= 15 is 0 Å². The van der Waals surface area contributed by atoms with Crippen LogP contribution in [-0.2, 0) is 30.3 Å². The van der Waals surface area contributed by atoms with Crippen LogP contribution in [0.3, 0.4) is 0 Å². The normalized spacial score (nSPS) is 25.3. The average molecular weight is 508 g/mol. The molecule has 2 aromatic rings. The first-order chi connectivity index (χ1) is 17.2. The Balaban J connectivity index is 1.53. The van der Waals surface area contributed by atoms with Crippen molar-refractivity contribution in [2.75, 3.05) is 0 Å². The highest BCUT2D eigenvalue weighted by molar-refractivity contribution is 5.96. The number of ether oxygens (including phenoxy) is 2. The van der Waals surface area contributed by atoms with E-state index in [0.29, 0.717) is 12.8 Å². The van der Waals surface area contributed by atoms with Crippen LogP contribution in [0.15, 0.2) is 48.5 Å². The molecule has 198 valence electrons. The molecule has 7 heteroatoms. The summed E-state index contributed by atoms with van der Waals surface area (Å²) in [5.74, 6) is -3.42. The molecule has 0 radical (unpaired) electrons. The Morgan fingerprint density at radius 1 is 1.14 bits per heavy atom. The van der Waals surface area contributed by atoms with E-state index in [9.17, 15) is 19.5 Å². The second-order valence-electron chi connectivity index (χ2n) is 11.9. The Labute approximate surface area is 218 Å². The summed E-state index contributed by atoms with van der Waals surface area (Å²) in [6.45, 7) is 10.6. The van der Waals surface area contributed by atoms with Crippen molar-refractivity contribution in [3.05, 3.63) is 59.7 Å². The van der Waals surface area contributed by atoms with E-state index in [0.717, 1.165) is 17.5 Å². The minimum absolute atomic E-state index is 0.137. The van der Waals surface area contributed by atoms with E-state index in [2.05, 4.69) is 42.6 Å². The number of esters is 1. The predicted molar refractivity (Wildman–Crippen MR) is 140 cm³/mol. The number of cyclic esters (lactones) is 1. The first-order valence-corrected chi connectivity index (χ1v) is 12.8.